The molecule has 29 heavy (non-hydrogen) atoms. The molecule has 2 aromatic carbocycles. The number of hydrogen-bond acceptors (Lipinski definition) is 7. The number of benzene rings is 2. The van der Waals surface area contributed by atoms with Gasteiger partial charge < -0.3 is 13.2 Å². The van der Waals surface area contributed by atoms with Crippen molar-refractivity contribution in [2.75, 3.05) is 0 Å². The SMILES string of the molecule is C[C@@]12CCC(=O)c3coc(c31)C(=O)c1cc3cccc(OS(=O)(=O)[O-])c3cc12.[Na+]. The molecular weight excluding hydrogens is 407 g/mol. The summed E-state index contributed by atoms with van der Waals surface area (Å²) in [6.45, 7) is 1.93. The fourth-order valence-corrected chi connectivity index (χ4v) is 4.78. The third-order valence-electron chi connectivity index (χ3n) is 5.71. The van der Waals surface area contributed by atoms with E-state index in [0.717, 1.165) is 0 Å². The van der Waals surface area contributed by atoms with Gasteiger partial charge >= 0.3 is 29.6 Å². The number of carbonyl (C=O) groups excluding carboxylic acids is 2. The Balaban J connectivity index is 0.00000205. The van der Waals surface area contributed by atoms with E-state index in [0.29, 0.717) is 45.9 Å². The average molecular weight is 420 g/mol. The van der Waals surface area contributed by atoms with Crippen LogP contribution >= 0.6 is 0 Å². The average Bonchev–Trinajstić information content (AvgIpc) is 3.09. The van der Waals surface area contributed by atoms with Gasteiger partial charge in [-0.25, -0.2) is 8.42 Å². The molecule has 3 aromatic rings. The third kappa shape index (κ3) is 2.90. The molecule has 142 valence electrons. The minimum Gasteiger partial charge on any atom is -0.716 e. The maximum atomic E-state index is 13.0. The van der Waals surface area contributed by atoms with Crippen molar-refractivity contribution >= 4 is 32.7 Å². The molecule has 0 aliphatic heterocycles. The Kier molecular flexibility index (Phi) is 4.56. The second kappa shape index (κ2) is 6.52. The summed E-state index contributed by atoms with van der Waals surface area (Å²) in [4.78, 5) is 25.3. The smallest absolute Gasteiger partial charge is 0.716 e. The molecule has 2 aliphatic carbocycles. The molecule has 0 saturated carbocycles. The van der Waals surface area contributed by atoms with Gasteiger partial charge in [-0.15, -0.1) is 0 Å². The van der Waals surface area contributed by atoms with E-state index < -0.39 is 15.8 Å². The Morgan fingerprint density at radius 2 is 1.93 bits per heavy atom. The van der Waals surface area contributed by atoms with Gasteiger partial charge in [0.2, 0.25) is 5.78 Å². The van der Waals surface area contributed by atoms with Crippen LogP contribution in [0.2, 0.25) is 0 Å². The van der Waals surface area contributed by atoms with Crippen molar-refractivity contribution in [1.29, 1.82) is 0 Å². The van der Waals surface area contributed by atoms with E-state index in [1.807, 2.05) is 6.92 Å². The molecule has 0 radical (unpaired) electrons. The summed E-state index contributed by atoms with van der Waals surface area (Å²) in [6, 6.07) is 7.95. The largest absolute Gasteiger partial charge is 1.00 e. The molecule has 1 atom stereocenters. The standard InChI is InChI=1S/C20H14O7S.Na/c1-20-6-5-15(21)13-9-26-19(17(13)20)18(22)12-7-10-3-2-4-16(27-28(23,24)25)11(10)8-14(12)20;/h2-4,7-9H,5-6H2,1H3,(H,23,24,25);/q;+1/p-1/t20-;/m0./s1. The monoisotopic (exact) mass is 420 g/mol. The zero-order chi connectivity index (χ0) is 19.8. The zero-order valence-corrected chi connectivity index (χ0v) is 18.5. The molecule has 2 aliphatic rings. The van der Waals surface area contributed by atoms with E-state index in [4.69, 9.17) is 4.42 Å². The van der Waals surface area contributed by atoms with Gasteiger partial charge in [-0.2, -0.15) is 0 Å². The Bertz CT molecular complexity index is 1320. The van der Waals surface area contributed by atoms with Crippen LogP contribution in [0.15, 0.2) is 41.0 Å². The van der Waals surface area contributed by atoms with Gasteiger partial charge in [-0.05, 0) is 35.6 Å². The van der Waals surface area contributed by atoms with Crippen molar-refractivity contribution < 1.29 is 60.7 Å². The Labute approximate surface area is 188 Å². The van der Waals surface area contributed by atoms with Crippen LogP contribution in [0.3, 0.4) is 0 Å². The number of rotatable bonds is 2. The molecule has 0 fully saturated rings. The maximum Gasteiger partial charge on any atom is 1.00 e. The van der Waals surface area contributed by atoms with Gasteiger partial charge in [-0.1, -0.05) is 19.1 Å². The van der Waals surface area contributed by atoms with Crippen molar-refractivity contribution in [2.24, 2.45) is 0 Å². The fraction of sp³-hybridized carbons (Fsp3) is 0.200. The summed E-state index contributed by atoms with van der Waals surface area (Å²) >= 11 is 0. The number of Topliss-reactive ketones (excluding diaryl/α,β-unsaturated/α-hetero) is 1. The number of hydrogen-bond donors (Lipinski definition) is 0. The van der Waals surface area contributed by atoms with Crippen LogP contribution in [-0.2, 0) is 15.8 Å². The predicted molar refractivity (Wildman–Crippen MR) is 96.4 cm³/mol. The Morgan fingerprint density at radius 1 is 1.17 bits per heavy atom. The van der Waals surface area contributed by atoms with Gasteiger partial charge in [0.05, 0.1) is 5.56 Å². The molecule has 0 spiro atoms. The Morgan fingerprint density at radius 3 is 2.66 bits per heavy atom. The summed E-state index contributed by atoms with van der Waals surface area (Å²) in [5.74, 6) is -0.322. The summed E-state index contributed by atoms with van der Waals surface area (Å²) in [6.07, 6.45) is 2.13. The number of fused-ring (bicyclic) bond motifs is 3. The second-order valence-corrected chi connectivity index (χ2v) is 8.29. The van der Waals surface area contributed by atoms with Crippen LogP contribution in [0.25, 0.3) is 10.8 Å². The van der Waals surface area contributed by atoms with Crippen molar-refractivity contribution in [1.82, 2.24) is 0 Å². The van der Waals surface area contributed by atoms with Crippen molar-refractivity contribution in [3.05, 3.63) is 64.6 Å². The first-order valence-electron chi connectivity index (χ1n) is 8.61. The molecule has 0 unspecified atom stereocenters. The summed E-state index contributed by atoms with van der Waals surface area (Å²) < 4.78 is 43.4. The van der Waals surface area contributed by atoms with E-state index in [-0.39, 0.29) is 52.6 Å². The van der Waals surface area contributed by atoms with Crippen molar-refractivity contribution in [2.45, 2.75) is 25.2 Å². The van der Waals surface area contributed by atoms with Crippen LogP contribution in [0.1, 0.15) is 57.4 Å². The molecule has 0 saturated heterocycles. The van der Waals surface area contributed by atoms with Crippen LogP contribution in [0.4, 0.5) is 0 Å². The molecular formula is C20H13NaO7S. The van der Waals surface area contributed by atoms with Crippen molar-refractivity contribution in [3.63, 3.8) is 0 Å². The normalized spacial score (nSPS) is 20.1. The first-order chi connectivity index (χ1) is 13.2. The van der Waals surface area contributed by atoms with Crippen LogP contribution in [-0.4, -0.2) is 24.5 Å². The molecule has 5 rings (SSSR count). The molecule has 7 nitrogen and oxygen atoms in total. The quantitative estimate of drug-likeness (QED) is 0.328. The van der Waals surface area contributed by atoms with E-state index in [1.54, 1.807) is 24.3 Å². The first kappa shape index (κ1) is 20.3. The van der Waals surface area contributed by atoms with E-state index in [9.17, 15) is 22.6 Å². The fourth-order valence-electron chi connectivity index (χ4n) is 4.42. The van der Waals surface area contributed by atoms with Gasteiger partial charge in [-0.3, -0.25) is 9.59 Å². The number of ketones is 2. The van der Waals surface area contributed by atoms with E-state index in [2.05, 4.69) is 4.18 Å². The van der Waals surface area contributed by atoms with Gasteiger partial charge in [0.15, 0.2) is 11.5 Å². The van der Waals surface area contributed by atoms with Gasteiger partial charge in [0.25, 0.3) is 10.4 Å². The molecule has 9 heteroatoms. The summed E-state index contributed by atoms with van der Waals surface area (Å²) in [5.41, 5.74) is 1.43. The summed E-state index contributed by atoms with van der Waals surface area (Å²) in [5, 5.41) is 0.957. The maximum absolute atomic E-state index is 13.0. The van der Waals surface area contributed by atoms with E-state index in [1.165, 1.54) is 12.3 Å². The molecule has 1 aromatic heterocycles. The molecule has 0 N–H and O–H groups in total. The van der Waals surface area contributed by atoms with Crippen LogP contribution < -0.4 is 33.7 Å². The van der Waals surface area contributed by atoms with Crippen molar-refractivity contribution in [3.8, 4) is 5.75 Å². The zero-order valence-electron chi connectivity index (χ0n) is 15.6. The first-order valence-corrected chi connectivity index (χ1v) is 9.95. The molecule has 0 bridgehead atoms. The molecule has 1 heterocycles. The minimum absolute atomic E-state index is 0. The minimum atomic E-state index is -4.95. The third-order valence-corrected chi connectivity index (χ3v) is 6.09. The molecule has 0 amide bonds. The topological polar surface area (TPSA) is 114 Å². The summed E-state index contributed by atoms with van der Waals surface area (Å²) in [7, 11) is -4.95. The second-order valence-electron chi connectivity index (χ2n) is 7.30. The van der Waals surface area contributed by atoms with Crippen LogP contribution in [0.5, 0.6) is 5.75 Å². The van der Waals surface area contributed by atoms with Crippen LogP contribution in [0, 0.1) is 0 Å². The van der Waals surface area contributed by atoms with Gasteiger partial charge in [0.1, 0.15) is 12.0 Å². The predicted octanol–water partition coefficient (Wildman–Crippen LogP) is 0.103. The number of furan rings is 1. The van der Waals surface area contributed by atoms with Gasteiger partial charge in [0, 0.05) is 28.3 Å². The van der Waals surface area contributed by atoms with E-state index >= 15 is 0 Å². The number of carbonyl (C=O) groups is 2. The Hall–Kier alpha value is -1.97.